The maximum atomic E-state index is 13.5. The van der Waals surface area contributed by atoms with Gasteiger partial charge in [-0.05, 0) is 29.3 Å². The number of hydrazine groups is 1. The van der Waals surface area contributed by atoms with E-state index in [0.717, 1.165) is 17.0 Å². The molecule has 3 heterocycles. The molecule has 3 aromatic rings. The van der Waals surface area contributed by atoms with Crippen molar-refractivity contribution in [2.45, 2.75) is 18.8 Å². The van der Waals surface area contributed by atoms with E-state index < -0.39 is 12.2 Å². The van der Waals surface area contributed by atoms with Gasteiger partial charge >= 0.3 is 6.18 Å². The van der Waals surface area contributed by atoms with E-state index in [9.17, 15) is 18.0 Å². The monoisotopic (exact) mass is 451 g/mol. The molecule has 0 amide bonds. The molecule has 1 unspecified atom stereocenters. The molecule has 0 fully saturated rings. The second kappa shape index (κ2) is 7.97. The topological polar surface area (TPSA) is 46.5 Å². The Bertz CT molecular complexity index is 1370. The number of nitrogens with zero attached hydrogens (tertiary/aromatic N) is 2. The minimum absolute atomic E-state index is 0.235. The van der Waals surface area contributed by atoms with Crippen LogP contribution in [0, 0.1) is 0 Å². The summed E-state index contributed by atoms with van der Waals surface area (Å²) in [6, 6.07) is 16.7. The molecule has 2 aromatic carbocycles. The highest BCUT2D eigenvalue weighted by Gasteiger charge is 2.45. The number of aromatic nitrogens is 1. The maximum Gasteiger partial charge on any atom is 0.409 e. The summed E-state index contributed by atoms with van der Waals surface area (Å²) in [7, 11) is 1.39. The molecule has 33 heavy (non-hydrogen) atoms. The average Bonchev–Trinajstić information content (AvgIpc) is 3.27. The number of fused-ring (bicyclic) bond motifs is 2. The summed E-state index contributed by atoms with van der Waals surface area (Å²) in [6.07, 6.45) is -0.0926. The quantitative estimate of drug-likeness (QED) is 0.632. The SMILES string of the molecule is COC1=CC=C(c2cc(=O)n(Cc3ccccc3)c3ccccc23)C2=CC(C(F)(F)F)NN12. The Hall–Kier alpha value is -3.78. The first-order chi connectivity index (χ1) is 15.9. The van der Waals surface area contributed by atoms with Crippen LogP contribution in [-0.4, -0.2) is 28.9 Å². The molecule has 5 rings (SSSR count). The van der Waals surface area contributed by atoms with Crippen LogP contribution in [0.15, 0.2) is 95.3 Å². The first-order valence-electron chi connectivity index (χ1n) is 10.3. The van der Waals surface area contributed by atoms with Crippen molar-refractivity contribution in [3.63, 3.8) is 0 Å². The molecule has 168 valence electrons. The first kappa shape index (κ1) is 21.1. The Balaban J connectivity index is 1.68. The van der Waals surface area contributed by atoms with Gasteiger partial charge in [0.1, 0.15) is 6.04 Å². The average molecular weight is 451 g/mol. The Morgan fingerprint density at radius 3 is 2.48 bits per heavy atom. The van der Waals surface area contributed by atoms with Crippen LogP contribution in [0.3, 0.4) is 0 Å². The fourth-order valence-electron chi connectivity index (χ4n) is 4.23. The Morgan fingerprint density at radius 2 is 1.76 bits per heavy atom. The highest BCUT2D eigenvalue weighted by atomic mass is 19.4. The van der Waals surface area contributed by atoms with Gasteiger partial charge < -0.3 is 9.30 Å². The number of benzene rings is 2. The molecule has 2 aliphatic heterocycles. The van der Waals surface area contributed by atoms with Gasteiger partial charge in [-0.25, -0.2) is 10.4 Å². The van der Waals surface area contributed by atoms with Crippen LogP contribution in [0.2, 0.25) is 0 Å². The van der Waals surface area contributed by atoms with Crippen LogP contribution in [0.5, 0.6) is 0 Å². The highest BCUT2D eigenvalue weighted by Crippen LogP contribution is 2.39. The summed E-state index contributed by atoms with van der Waals surface area (Å²) < 4.78 is 47.3. The first-order valence-corrected chi connectivity index (χ1v) is 10.3. The lowest BCUT2D eigenvalue weighted by atomic mass is 9.96. The van der Waals surface area contributed by atoms with Crippen molar-refractivity contribution in [1.29, 1.82) is 0 Å². The van der Waals surface area contributed by atoms with Gasteiger partial charge in [-0.2, -0.15) is 13.2 Å². The highest BCUT2D eigenvalue weighted by molar-refractivity contribution is 5.97. The van der Waals surface area contributed by atoms with Gasteiger partial charge in [-0.3, -0.25) is 4.79 Å². The zero-order valence-corrected chi connectivity index (χ0v) is 17.6. The maximum absolute atomic E-state index is 13.5. The summed E-state index contributed by atoms with van der Waals surface area (Å²) in [5, 5.41) is 2.04. The van der Waals surface area contributed by atoms with Gasteiger partial charge in [-0.15, -0.1) is 0 Å². The molecule has 5 nitrogen and oxygen atoms in total. The molecule has 0 aliphatic carbocycles. The lowest BCUT2D eigenvalue weighted by Crippen LogP contribution is -2.44. The number of halogens is 3. The van der Waals surface area contributed by atoms with E-state index in [2.05, 4.69) is 5.43 Å². The number of rotatable bonds is 4. The van der Waals surface area contributed by atoms with Gasteiger partial charge in [0.15, 0.2) is 0 Å². The van der Waals surface area contributed by atoms with E-state index >= 15 is 0 Å². The lowest BCUT2D eigenvalue weighted by molar-refractivity contribution is -0.149. The van der Waals surface area contributed by atoms with Crippen LogP contribution < -0.4 is 11.0 Å². The van der Waals surface area contributed by atoms with Crippen molar-refractivity contribution in [2.75, 3.05) is 7.11 Å². The minimum atomic E-state index is -4.48. The van der Waals surface area contributed by atoms with Gasteiger partial charge in [0.25, 0.3) is 5.56 Å². The number of pyridine rings is 1. The number of hydrogen-bond donors (Lipinski definition) is 1. The molecule has 0 spiro atoms. The second-order valence-corrected chi connectivity index (χ2v) is 7.81. The zero-order chi connectivity index (χ0) is 23.2. The second-order valence-electron chi connectivity index (χ2n) is 7.81. The van der Waals surface area contributed by atoms with Crippen LogP contribution in [-0.2, 0) is 11.3 Å². The molecule has 2 aliphatic rings. The summed E-state index contributed by atoms with van der Waals surface area (Å²) >= 11 is 0. The summed E-state index contributed by atoms with van der Waals surface area (Å²) in [5.74, 6) is 0.235. The van der Waals surface area contributed by atoms with E-state index in [-0.39, 0.29) is 11.4 Å². The molecular formula is C25H20F3N3O2. The van der Waals surface area contributed by atoms with Crippen molar-refractivity contribution < 1.29 is 17.9 Å². The van der Waals surface area contributed by atoms with Crippen molar-refractivity contribution in [1.82, 2.24) is 15.0 Å². The third-order valence-corrected chi connectivity index (χ3v) is 5.78. The zero-order valence-electron chi connectivity index (χ0n) is 17.6. The molecule has 1 atom stereocenters. The standard InChI is InChI=1S/C25H20F3N3O2/c1-33-24-12-11-18(21-14-22(25(26,27)28)29-31(21)24)19-13-23(32)30(15-16-7-3-2-4-8-16)20-10-6-5-9-17(19)20/h2-14,22,29H,15H2,1H3. The number of allylic oxidation sites excluding steroid dienone is 3. The summed E-state index contributed by atoms with van der Waals surface area (Å²) in [4.78, 5) is 13.2. The van der Waals surface area contributed by atoms with Crippen molar-refractivity contribution in [3.05, 3.63) is 112 Å². The van der Waals surface area contributed by atoms with Gasteiger partial charge in [0, 0.05) is 23.1 Å². The predicted octanol–water partition coefficient (Wildman–Crippen LogP) is 4.57. The third-order valence-electron chi connectivity index (χ3n) is 5.78. The van der Waals surface area contributed by atoms with E-state index in [4.69, 9.17) is 4.74 Å². The summed E-state index contributed by atoms with van der Waals surface area (Å²) in [6.45, 7) is 0.389. The molecule has 8 heteroatoms. The van der Waals surface area contributed by atoms with E-state index in [1.807, 2.05) is 54.6 Å². The van der Waals surface area contributed by atoms with Gasteiger partial charge in [0.05, 0.1) is 24.9 Å². The van der Waals surface area contributed by atoms with E-state index in [1.54, 1.807) is 16.7 Å². The molecule has 1 N–H and O–H groups in total. The number of ether oxygens (including phenoxy) is 1. The van der Waals surface area contributed by atoms with Gasteiger partial charge in [0.2, 0.25) is 5.88 Å². The van der Waals surface area contributed by atoms with Gasteiger partial charge in [-0.1, -0.05) is 48.5 Å². The smallest absolute Gasteiger partial charge is 0.409 e. The number of nitrogens with one attached hydrogen (secondary N) is 1. The van der Waals surface area contributed by atoms with Crippen molar-refractivity contribution in [2.24, 2.45) is 0 Å². The predicted molar refractivity (Wildman–Crippen MR) is 120 cm³/mol. The van der Waals surface area contributed by atoms with Crippen molar-refractivity contribution >= 4 is 16.5 Å². The molecule has 0 radical (unpaired) electrons. The summed E-state index contributed by atoms with van der Waals surface area (Å²) in [5.41, 5.74) is 5.25. The molecule has 0 bridgehead atoms. The van der Waals surface area contributed by atoms with E-state index in [1.165, 1.54) is 18.2 Å². The minimum Gasteiger partial charge on any atom is -0.481 e. The molecule has 1 aromatic heterocycles. The molecule has 0 saturated carbocycles. The fraction of sp³-hybridized carbons (Fsp3) is 0.160. The Kier molecular flexibility index (Phi) is 5.09. The van der Waals surface area contributed by atoms with Crippen LogP contribution in [0.1, 0.15) is 11.1 Å². The van der Waals surface area contributed by atoms with Crippen LogP contribution >= 0.6 is 0 Å². The lowest BCUT2D eigenvalue weighted by Gasteiger charge is -2.29. The Labute approximate surface area is 187 Å². The largest absolute Gasteiger partial charge is 0.481 e. The number of hydrogen-bond acceptors (Lipinski definition) is 4. The van der Waals surface area contributed by atoms with E-state index in [0.29, 0.717) is 28.9 Å². The third kappa shape index (κ3) is 3.72. The fourth-order valence-corrected chi connectivity index (χ4v) is 4.23. The Morgan fingerprint density at radius 1 is 1.03 bits per heavy atom. The number of methoxy groups -OCH3 is 1. The number of alkyl halides is 3. The van der Waals surface area contributed by atoms with Crippen molar-refractivity contribution in [3.8, 4) is 0 Å². The number of para-hydroxylation sites is 1. The normalized spacial score (nSPS) is 18.0. The molecule has 0 saturated heterocycles. The van der Waals surface area contributed by atoms with Crippen LogP contribution in [0.4, 0.5) is 13.2 Å². The molecular weight excluding hydrogens is 431 g/mol. The van der Waals surface area contributed by atoms with Crippen LogP contribution in [0.25, 0.3) is 16.5 Å².